The number of thiol groups is 1. The van der Waals surface area contributed by atoms with Gasteiger partial charge < -0.3 is 4.90 Å². The molecular formula is C17H28N2S. The van der Waals surface area contributed by atoms with Gasteiger partial charge in [-0.15, -0.1) is 0 Å². The molecular weight excluding hydrogens is 264 g/mol. The summed E-state index contributed by atoms with van der Waals surface area (Å²) in [5.74, 6) is 1.78. The van der Waals surface area contributed by atoms with Crippen LogP contribution in [0.4, 0.5) is 5.69 Å². The van der Waals surface area contributed by atoms with Crippen molar-refractivity contribution in [2.45, 2.75) is 26.7 Å². The van der Waals surface area contributed by atoms with E-state index < -0.39 is 0 Å². The Bertz CT molecular complexity index is 400. The maximum Gasteiger partial charge on any atom is 0.0369 e. The first-order chi connectivity index (χ1) is 9.72. The molecule has 3 heteroatoms. The van der Waals surface area contributed by atoms with Crippen molar-refractivity contribution in [3.05, 3.63) is 29.8 Å². The Labute approximate surface area is 129 Å². The number of benzene rings is 1. The van der Waals surface area contributed by atoms with E-state index in [1.165, 1.54) is 43.7 Å². The molecule has 2 nitrogen and oxygen atoms in total. The van der Waals surface area contributed by atoms with Crippen LogP contribution in [0.25, 0.3) is 0 Å². The summed E-state index contributed by atoms with van der Waals surface area (Å²) in [6, 6.07) is 8.86. The van der Waals surface area contributed by atoms with Crippen molar-refractivity contribution < 1.29 is 0 Å². The van der Waals surface area contributed by atoms with E-state index in [2.05, 4.69) is 60.5 Å². The van der Waals surface area contributed by atoms with E-state index in [4.69, 9.17) is 0 Å². The third-order valence-corrected chi connectivity index (χ3v) is 4.73. The molecule has 0 saturated carbocycles. The lowest BCUT2D eigenvalue weighted by Gasteiger charge is -2.37. The fourth-order valence-corrected chi connectivity index (χ4v) is 3.33. The van der Waals surface area contributed by atoms with Gasteiger partial charge in [0.1, 0.15) is 0 Å². The predicted molar refractivity (Wildman–Crippen MR) is 92.1 cm³/mol. The Hall–Kier alpha value is -0.670. The zero-order valence-corrected chi connectivity index (χ0v) is 13.8. The molecule has 1 aromatic carbocycles. The molecule has 1 heterocycles. The first kappa shape index (κ1) is 15.7. The maximum absolute atomic E-state index is 4.50. The van der Waals surface area contributed by atoms with Gasteiger partial charge in [-0.25, -0.2) is 0 Å². The Balaban J connectivity index is 1.83. The predicted octanol–water partition coefficient (Wildman–Crippen LogP) is 3.46. The molecule has 2 rings (SSSR count). The van der Waals surface area contributed by atoms with Gasteiger partial charge >= 0.3 is 0 Å². The third kappa shape index (κ3) is 4.42. The molecule has 0 N–H and O–H groups in total. The second-order valence-corrected chi connectivity index (χ2v) is 6.33. The summed E-state index contributed by atoms with van der Waals surface area (Å²) < 4.78 is 0. The molecule has 0 aromatic heterocycles. The van der Waals surface area contributed by atoms with E-state index >= 15 is 0 Å². The Morgan fingerprint density at radius 2 is 1.95 bits per heavy atom. The van der Waals surface area contributed by atoms with Crippen LogP contribution >= 0.6 is 12.6 Å². The molecule has 0 amide bonds. The molecule has 1 aliphatic heterocycles. The van der Waals surface area contributed by atoms with E-state index in [1.54, 1.807) is 0 Å². The molecule has 0 radical (unpaired) electrons. The van der Waals surface area contributed by atoms with Crippen molar-refractivity contribution in [2.75, 3.05) is 43.4 Å². The third-order valence-electron chi connectivity index (χ3n) is 4.21. The fourth-order valence-electron chi connectivity index (χ4n) is 3.03. The Morgan fingerprint density at radius 3 is 2.55 bits per heavy atom. The number of hydrogen-bond donors (Lipinski definition) is 1. The van der Waals surface area contributed by atoms with Crippen LogP contribution in [0.2, 0.25) is 0 Å². The second-order valence-electron chi connectivity index (χ2n) is 5.96. The molecule has 0 spiro atoms. The average Bonchev–Trinajstić information content (AvgIpc) is 2.47. The summed E-state index contributed by atoms with van der Waals surface area (Å²) in [5.41, 5.74) is 2.73. The van der Waals surface area contributed by atoms with Gasteiger partial charge in [0.15, 0.2) is 0 Å². The van der Waals surface area contributed by atoms with Gasteiger partial charge in [-0.1, -0.05) is 25.5 Å². The summed E-state index contributed by atoms with van der Waals surface area (Å²) in [5, 5.41) is 0. The van der Waals surface area contributed by atoms with Crippen LogP contribution in [-0.4, -0.2) is 43.4 Å². The highest BCUT2D eigenvalue weighted by Crippen LogP contribution is 2.19. The highest BCUT2D eigenvalue weighted by atomic mass is 32.1. The summed E-state index contributed by atoms with van der Waals surface area (Å²) in [6.45, 7) is 10.3. The van der Waals surface area contributed by atoms with Crippen LogP contribution in [0, 0.1) is 12.8 Å². The van der Waals surface area contributed by atoms with Crippen LogP contribution in [-0.2, 0) is 0 Å². The minimum atomic E-state index is 0.758. The molecule has 20 heavy (non-hydrogen) atoms. The van der Waals surface area contributed by atoms with Crippen molar-refractivity contribution in [1.29, 1.82) is 0 Å². The van der Waals surface area contributed by atoms with Gasteiger partial charge in [-0.2, -0.15) is 12.6 Å². The van der Waals surface area contributed by atoms with Crippen molar-refractivity contribution >= 4 is 18.3 Å². The van der Waals surface area contributed by atoms with E-state index in [0.29, 0.717) is 0 Å². The Morgan fingerprint density at radius 1 is 1.20 bits per heavy atom. The van der Waals surface area contributed by atoms with Gasteiger partial charge in [0.25, 0.3) is 0 Å². The van der Waals surface area contributed by atoms with Crippen molar-refractivity contribution in [3.8, 4) is 0 Å². The van der Waals surface area contributed by atoms with Gasteiger partial charge in [0, 0.05) is 38.4 Å². The summed E-state index contributed by atoms with van der Waals surface area (Å²) in [6.07, 6.45) is 2.58. The normalized spacial score (nSPS) is 18.2. The van der Waals surface area contributed by atoms with Gasteiger partial charge in [0.2, 0.25) is 0 Å². The highest BCUT2D eigenvalue weighted by Gasteiger charge is 2.19. The van der Waals surface area contributed by atoms with E-state index in [0.717, 1.165) is 24.8 Å². The molecule has 112 valence electrons. The maximum atomic E-state index is 4.50. The first-order valence-electron chi connectivity index (χ1n) is 7.87. The second kappa shape index (κ2) is 7.94. The number of nitrogens with zero attached hydrogens (tertiary/aromatic N) is 2. The largest absolute Gasteiger partial charge is 0.369 e. The summed E-state index contributed by atoms with van der Waals surface area (Å²) >= 11 is 4.50. The molecule has 1 saturated heterocycles. The van der Waals surface area contributed by atoms with Gasteiger partial charge in [-0.3, -0.25) is 4.90 Å². The molecule has 1 aliphatic rings. The van der Waals surface area contributed by atoms with Crippen LogP contribution in [0.5, 0.6) is 0 Å². The van der Waals surface area contributed by atoms with Crippen LogP contribution in [0.3, 0.4) is 0 Å². The zero-order valence-electron chi connectivity index (χ0n) is 12.9. The lowest BCUT2D eigenvalue weighted by molar-refractivity contribution is 0.221. The average molecular weight is 292 g/mol. The molecule has 1 fully saturated rings. The molecule has 1 aromatic rings. The minimum absolute atomic E-state index is 0.758. The highest BCUT2D eigenvalue weighted by molar-refractivity contribution is 7.80. The lowest BCUT2D eigenvalue weighted by Crippen LogP contribution is -2.48. The van der Waals surface area contributed by atoms with Gasteiger partial charge in [-0.05, 0) is 42.7 Å². The monoisotopic (exact) mass is 292 g/mol. The molecule has 0 aliphatic carbocycles. The number of hydrogen-bond acceptors (Lipinski definition) is 3. The topological polar surface area (TPSA) is 6.48 Å². The van der Waals surface area contributed by atoms with Gasteiger partial charge in [0.05, 0.1) is 0 Å². The van der Waals surface area contributed by atoms with E-state index in [-0.39, 0.29) is 0 Å². The van der Waals surface area contributed by atoms with Crippen LogP contribution in [0.1, 0.15) is 25.3 Å². The summed E-state index contributed by atoms with van der Waals surface area (Å²) in [4.78, 5) is 5.13. The van der Waals surface area contributed by atoms with Crippen LogP contribution in [0.15, 0.2) is 24.3 Å². The number of anilines is 1. The molecule has 1 atom stereocenters. The van der Waals surface area contributed by atoms with Crippen LogP contribution < -0.4 is 4.90 Å². The number of rotatable bonds is 6. The standard InChI is InChI=1S/C17H28N2S/c1-3-5-16(14-20)13-18-8-10-19(11-9-18)17-7-4-6-15(2)12-17/h4,6-7,12,16,20H,3,5,8-11,13-14H2,1-2H3. The lowest BCUT2D eigenvalue weighted by atomic mass is 10.0. The Kier molecular flexibility index (Phi) is 6.24. The first-order valence-corrected chi connectivity index (χ1v) is 8.51. The van der Waals surface area contributed by atoms with Crippen molar-refractivity contribution in [1.82, 2.24) is 4.90 Å². The SMILES string of the molecule is CCCC(CS)CN1CCN(c2cccc(C)c2)CC1. The summed E-state index contributed by atoms with van der Waals surface area (Å²) in [7, 11) is 0. The van der Waals surface area contributed by atoms with E-state index in [1.807, 2.05) is 0 Å². The smallest absolute Gasteiger partial charge is 0.0369 e. The van der Waals surface area contributed by atoms with E-state index in [9.17, 15) is 0 Å². The quantitative estimate of drug-likeness (QED) is 0.802. The molecule has 1 unspecified atom stereocenters. The molecule has 0 bridgehead atoms. The minimum Gasteiger partial charge on any atom is -0.369 e. The number of piperazine rings is 1. The fraction of sp³-hybridized carbons (Fsp3) is 0.647. The van der Waals surface area contributed by atoms with Crippen molar-refractivity contribution in [3.63, 3.8) is 0 Å². The number of aryl methyl sites for hydroxylation is 1. The zero-order chi connectivity index (χ0) is 14.4. The van der Waals surface area contributed by atoms with Crippen molar-refractivity contribution in [2.24, 2.45) is 5.92 Å².